The minimum Gasteiger partial charge on any atom is -0.444 e. The minimum atomic E-state index is -0.460. The predicted molar refractivity (Wildman–Crippen MR) is 115 cm³/mol. The lowest BCUT2D eigenvalue weighted by atomic mass is 9.75. The Bertz CT molecular complexity index is 788. The van der Waals surface area contributed by atoms with Crippen LogP contribution in [0.15, 0.2) is 18.2 Å². The first-order valence-corrected chi connectivity index (χ1v) is 10.8. The SMILES string of the molecule is CC(C)(C)OC(=O)N1CC(c2cc(B3OC(C)(C)C(C)(C)O3)cc(C3CC3)c2)C1. The van der Waals surface area contributed by atoms with Gasteiger partial charge < -0.3 is 18.9 Å². The summed E-state index contributed by atoms with van der Waals surface area (Å²) < 4.78 is 18.1. The number of ether oxygens (including phenoxy) is 1. The Morgan fingerprint density at radius 2 is 1.52 bits per heavy atom. The topological polar surface area (TPSA) is 48.0 Å². The third kappa shape index (κ3) is 4.20. The van der Waals surface area contributed by atoms with Crippen LogP contribution in [0.4, 0.5) is 4.79 Å². The van der Waals surface area contributed by atoms with Crippen LogP contribution >= 0.6 is 0 Å². The predicted octanol–water partition coefficient (Wildman–Crippen LogP) is 4.20. The van der Waals surface area contributed by atoms with Gasteiger partial charge in [-0.25, -0.2) is 4.79 Å². The Kier molecular flexibility index (Phi) is 4.82. The molecule has 1 aliphatic carbocycles. The Morgan fingerprint density at radius 1 is 1.00 bits per heavy atom. The van der Waals surface area contributed by atoms with Crippen LogP contribution in [-0.4, -0.2) is 48.0 Å². The second-order valence-electron chi connectivity index (χ2n) is 10.9. The van der Waals surface area contributed by atoms with Gasteiger partial charge in [0.05, 0.1) is 11.2 Å². The highest BCUT2D eigenvalue weighted by Crippen LogP contribution is 2.42. The van der Waals surface area contributed by atoms with E-state index in [9.17, 15) is 4.79 Å². The van der Waals surface area contributed by atoms with Crippen LogP contribution in [-0.2, 0) is 14.0 Å². The van der Waals surface area contributed by atoms with E-state index in [0.29, 0.717) is 24.9 Å². The van der Waals surface area contributed by atoms with Gasteiger partial charge in [0, 0.05) is 19.0 Å². The number of rotatable bonds is 3. The lowest BCUT2D eigenvalue weighted by Gasteiger charge is -2.40. The molecule has 29 heavy (non-hydrogen) atoms. The third-order valence-corrected chi connectivity index (χ3v) is 6.58. The summed E-state index contributed by atoms with van der Waals surface area (Å²) in [4.78, 5) is 14.1. The van der Waals surface area contributed by atoms with E-state index in [1.165, 1.54) is 24.0 Å². The summed E-state index contributed by atoms with van der Waals surface area (Å²) in [5.41, 5.74) is 2.59. The molecule has 0 aromatic heterocycles. The lowest BCUT2D eigenvalue weighted by Crippen LogP contribution is -2.50. The molecule has 0 spiro atoms. The van der Waals surface area contributed by atoms with Crippen LogP contribution in [0.1, 0.15) is 84.3 Å². The maximum absolute atomic E-state index is 12.3. The van der Waals surface area contributed by atoms with E-state index < -0.39 is 5.60 Å². The van der Waals surface area contributed by atoms with Crippen molar-refractivity contribution in [3.05, 3.63) is 29.3 Å². The molecule has 1 aromatic carbocycles. The minimum absolute atomic E-state index is 0.224. The fourth-order valence-corrected chi connectivity index (χ4v) is 3.87. The van der Waals surface area contributed by atoms with Crippen LogP contribution in [0, 0.1) is 0 Å². The molecule has 3 fully saturated rings. The molecule has 158 valence electrons. The summed E-state index contributed by atoms with van der Waals surface area (Å²) in [5.74, 6) is 0.987. The number of benzene rings is 1. The van der Waals surface area contributed by atoms with Crippen molar-refractivity contribution in [1.82, 2.24) is 4.90 Å². The van der Waals surface area contributed by atoms with E-state index in [1.807, 2.05) is 20.8 Å². The Balaban J connectivity index is 1.51. The molecule has 0 radical (unpaired) electrons. The van der Waals surface area contributed by atoms with Crippen LogP contribution in [0.3, 0.4) is 0 Å². The van der Waals surface area contributed by atoms with Gasteiger partial charge in [-0.2, -0.15) is 0 Å². The van der Waals surface area contributed by atoms with Gasteiger partial charge in [-0.3, -0.25) is 0 Å². The average molecular weight is 399 g/mol. The number of hydrogen-bond donors (Lipinski definition) is 0. The summed E-state index contributed by atoms with van der Waals surface area (Å²) in [6.07, 6.45) is 2.28. The van der Waals surface area contributed by atoms with Gasteiger partial charge >= 0.3 is 13.2 Å². The van der Waals surface area contributed by atoms with Gasteiger partial charge in [0.15, 0.2) is 0 Å². The highest BCUT2D eigenvalue weighted by molar-refractivity contribution is 6.62. The molecule has 0 atom stereocenters. The molecule has 1 aromatic rings. The summed E-state index contributed by atoms with van der Waals surface area (Å²) in [6.45, 7) is 15.4. The first-order valence-electron chi connectivity index (χ1n) is 10.8. The zero-order valence-electron chi connectivity index (χ0n) is 18.9. The highest BCUT2D eigenvalue weighted by atomic mass is 16.7. The van der Waals surface area contributed by atoms with Crippen molar-refractivity contribution in [1.29, 1.82) is 0 Å². The molecule has 2 saturated heterocycles. The number of likely N-dealkylation sites (tertiary alicyclic amines) is 1. The fourth-order valence-electron chi connectivity index (χ4n) is 3.87. The van der Waals surface area contributed by atoms with Crippen molar-refractivity contribution in [2.24, 2.45) is 0 Å². The largest absolute Gasteiger partial charge is 0.494 e. The zero-order valence-corrected chi connectivity index (χ0v) is 18.9. The van der Waals surface area contributed by atoms with Gasteiger partial charge in [0.2, 0.25) is 0 Å². The second-order valence-corrected chi connectivity index (χ2v) is 10.9. The summed E-state index contributed by atoms with van der Waals surface area (Å²) in [5, 5.41) is 0. The first kappa shape index (κ1) is 20.7. The molecular formula is C23H34BNO4. The Morgan fingerprint density at radius 3 is 2.00 bits per heavy atom. The molecule has 5 nitrogen and oxygen atoms in total. The van der Waals surface area contributed by atoms with Crippen LogP contribution < -0.4 is 5.46 Å². The summed E-state index contributed by atoms with van der Waals surface area (Å²) in [7, 11) is -0.348. The first-order chi connectivity index (χ1) is 13.3. The maximum Gasteiger partial charge on any atom is 0.494 e. The van der Waals surface area contributed by atoms with Crippen molar-refractivity contribution in [2.75, 3.05) is 13.1 Å². The monoisotopic (exact) mass is 399 g/mol. The van der Waals surface area contributed by atoms with Crippen molar-refractivity contribution < 1.29 is 18.8 Å². The van der Waals surface area contributed by atoms with Crippen LogP contribution in [0.5, 0.6) is 0 Å². The molecule has 0 N–H and O–H groups in total. The molecule has 1 amide bonds. The Labute approximate surface area is 175 Å². The highest BCUT2D eigenvalue weighted by Gasteiger charge is 2.52. The molecular weight excluding hydrogens is 365 g/mol. The lowest BCUT2D eigenvalue weighted by molar-refractivity contribution is 0.00578. The zero-order chi connectivity index (χ0) is 21.2. The van der Waals surface area contributed by atoms with E-state index in [2.05, 4.69) is 45.9 Å². The van der Waals surface area contributed by atoms with E-state index in [1.54, 1.807) is 4.90 Å². The summed E-state index contributed by atoms with van der Waals surface area (Å²) >= 11 is 0. The molecule has 4 rings (SSSR count). The van der Waals surface area contributed by atoms with Crippen molar-refractivity contribution >= 4 is 18.7 Å². The molecule has 2 aliphatic heterocycles. The molecule has 6 heteroatoms. The fraction of sp³-hybridized carbons (Fsp3) is 0.696. The van der Waals surface area contributed by atoms with Crippen molar-refractivity contribution in [2.45, 2.75) is 89.9 Å². The number of amides is 1. The number of carbonyl (C=O) groups excluding carboxylic acids is 1. The second kappa shape index (κ2) is 6.74. The third-order valence-electron chi connectivity index (χ3n) is 6.58. The molecule has 3 aliphatic rings. The van der Waals surface area contributed by atoms with Crippen LogP contribution in [0.2, 0.25) is 0 Å². The maximum atomic E-state index is 12.3. The smallest absolute Gasteiger partial charge is 0.444 e. The normalized spacial score (nSPS) is 23.8. The van der Waals surface area contributed by atoms with E-state index in [0.717, 1.165) is 5.46 Å². The quantitative estimate of drug-likeness (QED) is 0.715. The van der Waals surface area contributed by atoms with Gasteiger partial charge in [-0.05, 0) is 83.8 Å². The number of nitrogens with zero attached hydrogens (tertiary/aromatic N) is 1. The van der Waals surface area contributed by atoms with Gasteiger partial charge in [-0.1, -0.05) is 18.2 Å². The van der Waals surface area contributed by atoms with E-state index >= 15 is 0 Å². The number of hydrogen-bond acceptors (Lipinski definition) is 4. The van der Waals surface area contributed by atoms with Gasteiger partial charge in [0.25, 0.3) is 0 Å². The molecule has 1 saturated carbocycles. The van der Waals surface area contributed by atoms with Crippen molar-refractivity contribution in [3.8, 4) is 0 Å². The summed E-state index contributed by atoms with van der Waals surface area (Å²) in [6, 6.07) is 6.79. The van der Waals surface area contributed by atoms with E-state index in [-0.39, 0.29) is 24.4 Å². The average Bonchev–Trinajstić information content (AvgIpc) is 3.31. The Hall–Kier alpha value is -1.53. The molecule has 2 heterocycles. The number of carbonyl (C=O) groups is 1. The van der Waals surface area contributed by atoms with E-state index in [4.69, 9.17) is 14.0 Å². The van der Waals surface area contributed by atoms with Crippen molar-refractivity contribution in [3.63, 3.8) is 0 Å². The molecule has 0 bridgehead atoms. The standard InChI is InChI=1S/C23H34BNO4/c1-21(2,3)27-20(26)25-13-18(14-25)17-10-16(15-8-9-15)11-19(12-17)24-28-22(4,5)23(6,7)29-24/h10-12,15,18H,8-9,13-14H2,1-7H3. The van der Waals surface area contributed by atoms with Crippen LogP contribution in [0.25, 0.3) is 0 Å². The van der Waals surface area contributed by atoms with Gasteiger partial charge in [-0.15, -0.1) is 0 Å². The molecule has 0 unspecified atom stereocenters. The van der Waals surface area contributed by atoms with Gasteiger partial charge in [0.1, 0.15) is 5.60 Å².